The first-order valence-electron chi connectivity index (χ1n) is 5.59. The van der Waals surface area contributed by atoms with Crippen molar-refractivity contribution in [3.05, 3.63) is 0 Å². The molecule has 1 N–H and O–H groups in total. The molecule has 5 atom stereocenters. The summed E-state index contributed by atoms with van der Waals surface area (Å²) in [7, 11) is 0. The van der Waals surface area contributed by atoms with Crippen LogP contribution in [0.3, 0.4) is 0 Å². The second-order valence-corrected chi connectivity index (χ2v) is 5.30. The minimum absolute atomic E-state index is 0.00308. The molecule has 1 heterocycles. The Kier molecular flexibility index (Phi) is 2.19. The minimum Gasteiger partial charge on any atom is -0.393 e. The van der Waals surface area contributed by atoms with Gasteiger partial charge in [0.05, 0.1) is 12.2 Å². The van der Waals surface area contributed by atoms with Crippen molar-refractivity contribution in [1.82, 2.24) is 0 Å². The van der Waals surface area contributed by atoms with Crippen LogP contribution in [-0.4, -0.2) is 35.3 Å². The summed E-state index contributed by atoms with van der Waals surface area (Å²) in [5.74, 6) is -2.93. The maximum absolute atomic E-state index is 12.8. The van der Waals surface area contributed by atoms with E-state index in [1.807, 2.05) is 0 Å². The Balaban J connectivity index is 1.98. The topological polar surface area (TPSA) is 29.5 Å². The number of aliphatic hydroxyl groups is 1. The maximum atomic E-state index is 12.8. The molecular formula is C10H10F6O2. The first kappa shape index (κ1) is 12.5. The average Bonchev–Trinajstić information content (AvgIpc) is 2.50. The molecule has 3 aliphatic rings. The summed E-state index contributed by atoms with van der Waals surface area (Å²) >= 11 is 0. The lowest BCUT2D eigenvalue weighted by atomic mass is 9.67. The maximum Gasteiger partial charge on any atom is 0.426 e. The molecule has 2 nitrogen and oxygen atoms in total. The third kappa shape index (κ3) is 1.18. The molecule has 104 valence electrons. The van der Waals surface area contributed by atoms with E-state index in [2.05, 4.69) is 4.74 Å². The lowest BCUT2D eigenvalue weighted by Crippen LogP contribution is -2.76. The fourth-order valence-corrected chi connectivity index (χ4v) is 3.89. The van der Waals surface area contributed by atoms with Crippen LogP contribution in [0, 0.1) is 17.8 Å². The van der Waals surface area contributed by atoms with Gasteiger partial charge in [0.2, 0.25) is 0 Å². The van der Waals surface area contributed by atoms with Gasteiger partial charge in [-0.05, 0) is 18.8 Å². The van der Waals surface area contributed by atoms with Gasteiger partial charge in [-0.2, -0.15) is 26.3 Å². The predicted octanol–water partition coefficient (Wildman–Crippen LogP) is 2.27. The van der Waals surface area contributed by atoms with Crippen molar-refractivity contribution in [1.29, 1.82) is 0 Å². The van der Waals surface area contributed by atoms with Crippen LogP contribution in [0.5, 0.6) is 0 Å². The van der Waals surface area contributed by atoms with E-state index in [-0.39, 0.29) is 12.8 Å². The summed E-state index contributed by atoms with van der Waals surface area (Å²) < 4.78 is 81.1. The average molecular weight is 276 g/mol. The lowest BCUT2D eigenvalue weighted by Gasteiger charge is -2.57. The molecule has 0 radical (unpaired) electrons. The minimum atomic E-state index is -5.47. The number of alkyl halides is 6. The zero-order chi connectivity index (χ0) is 13.5. The molecule has 0 spiro atoms. The quantitative estimate of drug-likeness (QED) is 0.688. The van der Waals surface area contributed by atoms with Crippen LogP contribution in [0.2, 0.25) is 0 Å². The molecule has 3 rings (SSSR count). The second-order valence-electron chi connectivity index (χ2n) is 5.30. The van der Waals surface area contributed by atoms with Gasteiger partial charge >= 0.3 is 12.4 Å². The third-order valence-electron chi connectivity index (χ3n) is 4.53. The van der Waals surface area contributed by atoms with Gasteiger partial charge in [0.25, 0.3) is 5.60 Å². The van der Waals surface area contributed by atoms with Crippen molar-refractivity contribution in [3.63, 3.8) is 0 Å². The summed E-state index contributed by atoms with van der Waals surface area (Å²) in [6.07, 6.45) is -12.7. The molecule has 1 saturated heterocycles. The summed E-state index contributed by atoms with van der Waals surface area (Å²) in [4.78, 5) is 0. The highest BCUT2D eigenvalue weighted by Gasteiger charge is 2.86. The van der Waals surface area contributed by atoms with E-state index in [0.29, 0.717) is 0 Å². The van der Waals surface area contributed by atoms with Crippen LogP contribution in [0.25, 0.3) is 0 Å². The van der Waals surface area contributed by atoms with Gasteiger partial charge in [0.15, 0.2) is 0 Å². The Morgan fingerprint density at radius 3 is 2.00 bits per heavy atom. The Labute approximate surface area is 97.9 Å². The van der Waals surface area contributed by atoms with Crippen molar-refractivity contribution >= 4 is 0 Å². The van der Waals surface area contributed by atoms with Gasteiger partial charge in [-0.25, -0.2) is 0 Å². The van der Waals surface area contributed by atoms with Crippen molar-refractivity contribution in [3.8, 4) is 0 Å². The van der Waals surface area contributed by atoms with E-state index >= 15 is 0 Å². The van der Waals surface area contributed by atoms with E-state index < -0.39 is 47.9 Å². The molecule has 2 bridgehead atoms. The smallest absolute Gasteiger partial charge is 0.393 e. The number of fused-ring (bicyclic) bond motifs is 5. The highest BCUT2D eigenvalue weighted by molar-refractivity contribution is 5.20. The number of rotatable bonds is 0. The molecule has 2 unspecified atom stereocenters. The Hall–Kier alpha value is -0.500. The summed E-state index contributed by atoms with van der Waals surface area (Å²) in [5.41, 5.74) is -4.02. The largest absolute Gasteiger partial charge is 0.426 e. The first-order chi connectivity index (χ1) is 8.09. The van der Waals surface area contributed by atoms with Gasteiger partial charge in [-0.15, -0.1) is 0 Å². The highest BCUT2D eigenvalue weighted by atomic mass is 19.4. The molecule has 3 fully saturated rings. The van der Waals surface area contributed by atoms with Gasteiger partial charge in [0, 0.05) is 11.8 Å². The Morgan fingerprint density at radius 2 is 1.56 bits per heavy atom. The van der Waals surface area contributed by atoms with E-state index in [0.717, 1.165) is 0 Å². The second kappa shape index (κ2) is 3.15. The van der Waals surface area contributed by atoms with Crippen LogP contribution < -0.4 is 0 Å². The van der Waals surface area contributed by atoms with Crippen molar-refractivity contribution < 1.29 is 36.2 Å². The molecule has 2 saturated carbocycles. The SMILES string of the molecule is OC1C[C@@H]2C[C@H]1C1OC(C(F)(F)F)(C(F)(F)F)[C@H]12. The molecule has 0 aromatic heterocycles. The van der Waals surface area contributed by atoms with E-state index in [1.165, 1.54) is 0 Å². The van der Waals surface area contributed by atoms with E-state index in [9.17, 15) is 31.4 Å². The number of ether oxygens (including phenoxy) is 1. The normalized spacial score (nSPS) is 45.8. The molecule has 8 heteroatoms. The number of aliphatic hydroxyl groups excluding tert-OH is 1. The summed E-state index contributed by atoms with van der Waals surface area (Å²) in [6.45, 7) is 0. The van der Waals surface area contributed by atoms with Crippen molar-refractivity contribution in [2.75, 3.05) is 0 Å². The van der Waals surface area contributed by atoms with Gasteiger partial charge < -0.3 is 9.84 Å². The Morgan fingerprint density at radius 1 is 1.00 bits per heavy atom. The van der Waals surface area contributed by atoms with Gasteiger partial charge in [-0.3, -0.25) is 0 Å². The van der Waals surface area contributed by atoms with E-state index in [4.69, 9.17) is 0 Å². The molecule has 0 amide bonds. The molecular weight excluding hydrogens is 266 g/mol. The van der Waals surface area contributed by atoms with Gasteiger partial charge in [0.1, 0.15) is 0 Å². The predicted molar refractivity (Wildman–Crippen MR) is 45.4 cm³/mol. The summed E-state index contributed by atoms with van der Waals surface area (Å²) in [6, 6.07) is 0. The van der Waals surface area contributed by atoms with Crippen LogP contribution in [0.4, 0.5) is 26.3 Å². The molecule has 0 aromatic rings. The van der Waals surface area contributed by atoms with Crippen molar-refractivity contribution in [2.45, 2.75) is 43.0 Å². The molecule has 1 aliphatic heterocycles. The third-order valence-corrected chi connectivity index (χ3v) is 4.53. The molecule has 2 aliphatic carbocycles. The molecule has 18 heavy (non-hydrogen) atoms. The van der Waals surface area contributed by atoms with Crippen LogP contribution in [0.1, 0.15) is 12.8 Å². The Bertz CT molecular complexity index is 360. The van der Waals surface area contributed by atoms with Crippen molar-refractivity contribution in [2.24, 2.45) is 17.8 Å². The highest BCUT2D eigenvalue weighted by Crippen LogP contribution is 2.69. The zero-order valence-electron chi connectivity index (χ0n) is 8.92. The zero-order valence-corrected chi connectivity index (χ0v) is 8.92. The lowest BCUT2D eigenvalue weighted by molar-refractivity contribution is -0.473. The summed E-state index contributed by atoms with van der Waals surface area (Å²) in [5, 5.41) is 9.47. The fraction of sp³-hybridized carbons (Fsp3) is 1.00. The van der Waals surface area contributed by atoms with E-state index in [1.54, 1.807) is 0 Å². The monoisotopic (exact) mass is 276 g/mol. The standard InChI is InChI=1S/C10H10F6O2/c11-9(12,13)8(10(14,15)16)6-3-1-4(5(17)2-3)7(6)18-8/h3-7,17H,1-2H2/t3-,4+,5?,6-,7?/m0/s1. The van der Waals surface area contributed by atoms with Gasteiger partial charge in [-0.1, -0.05) is 0 Å². The number of halogens is 6. The number of hydrogen-bond donors (Lipinski definition) is 1. The fourth-order valence-electron chi connectivity index (χ4n) is 3.89. The van der Waals surface area contributed by atoms with Crippen LogP contribution in [0.15, 0.2) is 0 Å². The number of hydrogen-bond acceptors (Lipinski definition) is 2. The van der Waals surface area contributed by atoms with Crippen LogP contribution in [-0.2, 0) is 4.74 Å². The molecule has 0 aromatic carbocycles. The first-order valence-corrected chi connectivity index (χ1v) is 5.59. The van der Waals surface area contributed by atoms with Crippen LogP contribution >= 0.6 is 0 Å².